The quantitative estimate of drug-likeness (QED) is 0.441. The topological polar surface area (TPSA) is 58.2 Å². The van der Waals surface area contributed by atoms with Gasteiger partial charge in [-0.05, 0) is 26.0 Å². The molecule has 0 atom stereocenters. The van der Waals surface area contributed by atoms with Crippen molar-refractivity contribution in [2.75, 3.05) is 26.2 Å². The van der Waals surface area contributed by atoms with Crippen LogP contribution in [0.25, 0.3) is 0 Å². The fourth-order valence-electron chi connectivity index (χ4n) is 0.997. The summed E-state index contributed by atoms with van der Waals surface area (Å²) in [5, 5.41) is 6.30. The van der Waals surface area contributed by atoms with Crippen molar-refractivity contribution in [3.63, 3.8) is 0 Å². The fourth-order valence-corrected chi connectivity index (χ4v) is 0.997. The van der Waals surface area contributed by atoms with Gasteiger partial charge in [-0.25, -0.2) is 0 Å². The van der Waals surface area contributed by atoms with Gasteiger partial charge in [0.05, 0.1) is 0 Å². The molecule has 0 unspecified atom stereocenters. The van der Waals surface area contributed by atoms with Gasteiger partial charge < -0.3 is 10.6 Å². The first-order chi connectivity index (χ1) is 7.63. The molecule has 90 valence electrons. The molecule has 0 aliphatic heterocycles. The summed E-state index contributed by atoms with van der Waals surface area (Å²) in [4.78, 5) is 21.1. The van der Waals surface area contributed by atoms with Crippen molar-refractivity contribution in [3.05, 3.63) is 24.3 Å². The van der Waals surface area contributed by atoms with Crippen LogP contribution in [-0.2, 0) is 9.59 Å². The Labute approximate surface area is 96.8 Å². The Morgan fingerprint density at radius 2 is 1.25 bits per heavy atom. The molecule has 16 heavy (non-hydrogen) atoms. The third kappa shape index (κ3) is 12.7. The van der Waals surface area contributed by atoms with Crippen molar-refractivity contribution in [2.45, 2.75) is 13.8 Å². The molecule has 0 fully saturated rings. The van der Waals surface area contributed by atoms with E-state index in [4.69, 9.17) is 0 Å². The van der Waals surface area contributed by atoms with E-state index in [9.17, 15) is 9.59 Å². The maximum Gasteiger partial charge on any atom is 0.152 e. The highest BCUT2D eigenvalue weighted by atomic mass is 16.1. The lowest BCUT2D eigenvalue weighted by atomic mass is 10.4. The van der Waals surface area contributed by atoms with Crippen LogP contribution in [0.1, 0.15) is 13.8 Å². The Hall–Kier alpha value is -1.26. The number of nitrogens with one attached hydrogen (secondary N) is 2. The van der Waals surface area contributed by atoms with Crippen LogP contribution >= 0.6 is 0 Å². The zero-order valence-corrected chi connectivity index (χ0v) is 9.95. The average molecular weight is 224 g/mol. The van der Waals surface area contributed by atoms with Crippen LogP contribution < -0.4 is 10.6 Å². The van der Waals surface area contributed by atoms with E-state index in [0.29, 0.717) is 13.1 Å². The Kier molecular flexibility index (Phi) is 9.46. The summed E-state index contributed by atoms with van der Waals surface area (Å²) in [6.45, 7) is 6.11. The second-order valence-electron chi connectivity index (χ2n) is 3.43. The SMILES string of the molecule is CC(=O)C=CCNCCNCC=CC(C)=O. The normalized spacial score (nSPS) is 11.4. The van der Waals surface area contributed by atoms with Gasteiger partial charge in [0.25, 0.3) is 0 Å². The van der Waals surface area contributed by atoms with E-state index in [2.05, 4.69) is 10.6 Å². The van der Waals surface area contributed by atoms with E-state index in [1.807, 2.05) is 0 Å². The first-order valence-electron chi connectivity index (χ1n) is 5.38. The number of hydrogen-bond donors (Lipinski definition) is 2. The van der Waals surface area contributed by atoms with Gasteiger partial charge >= 0.3 is 0 Å². The third-order valence-electron chi connectivity index (χ3n) is 1.71. The van der Waals surface area contributed by atoms with E-state index < -0.39 is 0 Å². The molecule has 0 aromatic rings. The maximum absolute atomic E-state index is 10.5. The summed E-state index contributed by atoms with van der Waals surface area (Å²) in [5.74, 6) is 0.128. The van der Waals surface area contributed by atoms with Crippen LogP contribution in [0.2, 0.25) is 0 Å². The molecule has 0 aliphatic carbocycles. The Bertz CT molecular complexity index is 242. The monoisotopic (exact) mass is 224 g/mol. The van der Waals surface area contributed by atoms with E-state index in [1.165, 1.54) is 13.8 Å². The van der Waals surface area contributed by atoms with Gasteiger partial charge in [0.15, 0.2) is 11.6 Å². The van der Waals surface area contributed by atoms with Crippen LogP contribution in [0.15, 0.2) is 24.3 Å². The summed E-state index contributed by atoms with van der Waals surface area (Å²) in [5.41, 5.74) is 0. The van der Waals surface area contributed by atoms with Crippen LogP contribution in [-0.4, -0.2) is 37.7 Å². The van der Waals surface area contributed by atoms with E-state index in [-0.39, 0.29) is 11.6 Å². The van der Waals surface area contributed by atoms with E-state index in [1.54, 1.807) is 24.3 Å². The molecule has 0 spiro atoms. The van der Waals surface area contributed by atoms with Gasteiger partial charge in [-0.2, -0.15) is 0 Å². The minimum absolute atomic E-state index is 0.0642. The molecule has 0 aromatic carbocycles. The fraction of sp³-hybridized carbons (Fsp3) is 0.500. The molecule has 0 saturated carbocycles. The molecule has 0 amide bonds. The molecular formula is C12H20N2O2. The Morgan fingerprint density at radius 1 is 0.875 bits per heavy atom. The zero-order chi connectivity index (χ0) is 12.2. The van der Waals surface area contributed by atoms with Gasteiger partial charge in [-0.3, -0.25) is 9.59 Å². The van der Waals surface area contributed by atoms with Gasteiger partial charge in [0, 0.05) is 26.2 Å². The van der Waals surface area contributed by atoms with Gasteiger partial charge in [-0.15, -0.1) is 0 Å². The lowest BCUT2D eigenvalue weighted by Gasteiger charge is -2.01. The Balaban J connectivity index is 3.22. The molecule has 0 aliphatic rings. The number of carbonyl (C=O) groups is 2. The lowest BCUT2D eigenvalue weighted by Crippen LogP contribution is -2.27. The number of hydrogen-bond acceptors (Lipinski definition) is 4. The molecule has 2 N–H and O–H groups in total. The average Bonchev–Trinajstić information content (AvgIpc) is 2.20. The van der Waals surface area contributed by atoms with Gasteiger partial charge in [0.2, 0.25) is 0 Å². The summed E-state index contributed by atoms with van der Waals surface area (Å²) in [7, 11) is 0. The lowest BCUT2D eigenvalue weighted by molar-refractivity contribution is -0.113. The molecular weight excluding hydrogens is 204 g/mol. The highest BCUT2D eigenvalue weighted by molar-refractivity contribution is 5.87. The minimum atomic E-state index is 0.0642. The predicted molar refractivity (Wildman–Crippen MR) is 65.4 cm³/mol. The van der Waals surface area contributed by atoms with Crippen LogP contribution in [0.3, 0.4) is 0 Å². The van der Waals surface area contributed by atoms with Gasteiger partial charge in [0.1, 0.15) is 0 Å². The molecule has 4 heteroatoms. The number of ketones is 2. The molecule has 4 nitrogen and oxygen atoms in total. The highest BCUT2D eigenvalue weighted by Crippen LogP contribution is 1.74. The second-order valence-corrected chi connectivity index (χ2v) is 3.43. The van der Waals surface area contributed by atoms with E-state index >= 15 is 0 Å². The van der Waals surface area contributed by atoms with Crippen LogP contribution in [0.5, 0.6) is 0 Å². The van der Waals surface area contributed by atoms with Crippen molar-refractivity contribution in [1.82, 2.24) is 10.6 Å². The van der Waals surface area contributed by atoms with Crippen LogP contribution in [0, 0.1) is 0 Å². The van der Waals surface area contributed by atoms with Crippen molar-refractivity contribution >= 4 is 11.6 Å². The molecule has 0 saturated heterocycles. The molecule has 0 rings (SSSR count). The molecule has 0 heterocycles. The molecule has 0 bridgehead atoms. The van der Waals surface area contributed by atoms with Crippen molar-refractivity contribution in [1.29, 1.82) is 0 Å². The number of allylic oxidation sites excluding steroid dienone is 2. The third-order valence-corrected chi connectivity index (χ3v) is 1.71. The van der Waals surface area contributed by atoms with Crippen molar-refractivity contribution < 1.29 is 9.59 Å². The largest absolute Gasteiger partial charge is 0.312 e. The smallest absolute Gasteiger partial charge is 0.152 e. The molecule has 0 radical (unpaired) electrons. The summed E-state index contributed by atoms with van der Waals surface area (Å²) in [6, 6.07) is 0. The maximum atomic E-state index is 10.5. The summed E-state index contributed by atoms with van der Waals surface area (Å²) in [6.07, 6.45) is 6.71. The minimum Gasteiger partial charge on any atom is -0.312 e. The zero-order valence-electron chi connectivity index (χ0n) is 9.95. The summed E-state index contributed by atoms with van der Waals surface area (Å²) >= 11 is 0. The summed E-state index contributed by atoms with van der Waals surface area (Å²) < 4.78 is 0. The number of rotatable bonds is 9. The van der Waals surface area contributed by atoms with Crippen LogP contribution in [0.4, 0.5) is 0 Å². The standard InChI is InChI=1S/C12H20N2O2/c1-11(15)5-3-7-13-9-10-14-8-4-6-12(2)16/h3-6,13-14H,7-10H2,1-2H3. The highest BCUT2D eigenvalue weighted by Gasteiger charge is 1.86. The van der Waals surface area contributed by atoms with Gasteiger partial charge in [-0.1, -0.05) is 12.2 Å². The number of carbonyl (C=O) groups excluding carboxylic acids is 2. The molecule has 0 aromatic heterocycles. The van der Waals surface area contributed by atoms with Crippen molar-refractivity contribution in [2.24, 2.45) is 0 Å². The first-order valence-corrected chi connectivity index (χ1v) is 5.38. The second kappa shape index (κ2) is 10.3. The first kappa shape index (κ1) is 14.7. The Morgan fingerprint density at radius 3 is 1.56 bits per heavy atom. The van der Waals surface area contributed by atoms with Crippen molar-refractivity contribution in [3.8, 4) is 0 Å². The van der Waals surface area contributed by atoms with E-state index in [0.717, 1.165) is 13.1 Å². The predicted octanol–water partition coefficient (Wildman–Crippen LogP) is 0.456.